The first-order chi connectivity index (χ1) is 9.97. The van der Waals surface area contributed by atoms with Crippen LogP contribution in [0, 0.1) is 5.92 Å². The van der Waals surface area contributed by atoms with E-state index in [2.05, 4.69) is 0 Å². The lowest BCUT2D eigenvalue weighted by molar-refractivity contribution is -0.138. The number of carbonyl (C=O) groups is 1. The fraction of sp³-hybridized carbons (Fsp3) is 0.400. The van der Waals surface area contributed by atoms with Gasteiger partial charge in [-0.05, 0) is 30.4 Å². The highest BCUT2D eigenvalue weighted by Crippen LogP contribution is 2.23. The first-order valence-electron chi connectivity index (χ1n) is 6.92. The van der Waals surface area contributed by atoms with E-state index < -0.39 is 16.0 Å². The molecule has 1 aromatic carbocycles. The molecule has 0 bridgehead atoms. The van der Waals surface area contributed by atoms with Gasteiger partial charge in [-0.15, -0.1) is 0 Å². The average Bonchev–Trinajstić information content (AvgIpc) is 2.46. The van der Waals surface area contributed by atoms with Gasteiger partial charge in [0.15, 0.2) is 0 Å². The number of carboxylic acid groups (broad SMARTS) is 1. The minimum absolute atomic E-state index is 0.0760. The average molecular weight is 309 g/mol. The largest absolute Gasteiger partial charge is 0.481 e. The Balaban J connectivity index is 1.95. The van der Waals surface area contributed by atoms with Crippen molar-refractivity contribution in [3.8, 4) is 0 Å². The summed E-state index contributed by atoms with van der Waals surface area (Å²) in [6.45, 7) is 0.777. The fourth-order valence-corrected chi connectivity index (χ4v) is 3.65. The highest BCUT2D eigenvalue weighted by atomic mass is 32.2. The number of hydrogen-bond acceptors (Lipinski definition) is 3. The smallest absolute Gasteiger partial charge is 0.303 e. The van der Waals surface area contributed by atoms with Gasteiger partial charge in [0.25, 0.3) is 0 Å². The fourth-order valence-electron chi connectivity index (χ4n) is 2.43. The number of carboxylic acids is 1. The molecule has 1 aliphatic rings. The minimum Gasteiger partial charge on any atom is -0.481 e. The van der Waals surface area contributed by atoms with E-state index in [0.29, 0.717) is 25.9 Å². The van der Waals surface area contributed by atoms with Crippen LogP contribution in [0.2, 0.25) is 0 Å². The molecule has 21 heavy (non-hydrogen) atoms. The second kappa shape index (κ2) is 6.87. The van der Waals surface area contributed by atoms with Gasteiger partial charge in [-0.3, -0.25) is 4.79 Å². The Kier molecular flexibility index (Phi) is 5.14. The van der Waals surface area contributed by atoms with Gasteiger partial charge in [0, 0.05) is 24.9 Å². The number of piperidine rings is 1. The summed E-state index contributed by atoms with van der Waals surface area (Å²) in [5.74, 6) is -0.743. The van der Waals surface area contributed by atoms with Crippen molar-refractivity contribution in [3.63, 3.8) is 0 Å². The standard InChI is InChI=1S/C15H19NO4S/c17-15(18)12-14-6-9-16(10-7-14)21(19,20)11-8-13-4-2-1-3-5-13/h1-5,8,11,14H,6-7,9-10,12H2,(H,17,18). The topological polar surface area (TPSA) is 74.7 Å². The van der Waals surface area contributed by atoms with Crippen molar-refractivity contribution >= 4 is 22.1 Å². The molecular formula is C15H19NO4S. The number of sulfonamides is 1. The van der Waals surface area contributed by atoms with Crippen LogP contribution < -0.4 is 0 Å². The van der Waals surface area contributed by atoms with Crippen molar-refractivity contribution in [2.45, 2.75) is 19.3 Å². The van der Waals surface area contributed by atoms with E-state index in [1.807, 2.05) is 30.3 Å². The van der Waals surface area contributed by atoms with E-state index in [9.17, 15) is 13.2 Å². The van der Waals surface area contributed by atoms with Crippen LogP contribution in [-0.4, -0.2) is 36.9 Å². The molecule has 6 heteroatoms. The Morgan fingerprint density at radius 1 is 1.24 bits per heavy atom. The van der Waals surface area contributed by atoms with E-state index in [1.54, 1.807) is 6.08 Å². The Morgan fingerprint density at radius 3 is 2.43 bits per heavy atom. The molecule has 0 atom stereocenters. The van der Waals surface area contributed by atoms with Gasteiger partial charge in [0.1, 0.15) is 0 Å². The minimum atomic E-state index is -3.43. The number of benzene rings is 1. The third-order valence-corrected chi connectivity index (χ3v) is 5.19. The number of aliphatic carboxylic acids is 1. The summed E-state index contributed by atoms with van der Waals surface area (Å²) in [6.07, 6.45) is 2.90. The summed E-state index contributed by atoms with van der Waals surface area (Å²) < 4.78 is 25.8. The molecule has 1 aliphatic heterocycles. The zero-order valence-electron chi connectivity index (χ0n) is 11.7. The van der Waals surface area contributed by atoms with Crippen LogP contribution in [-0.2, 0) is 14.8 Å². The van der Waals surface area contributed by atoms with Gasteiger partial charge in [-0.1, -0.05) is 30.3 Å². The third kappa shape index (κ3) is 4.68. The zero-order valence-corrected chi connectivity index (χ0v) is 12.5. The molecule has 1 saturated heterocycles. The van der Waals surface area contributed by atoms with Crippen molar-refractivity contribution in [1.82, 2.24) is 4.31 Å². The van der Waals surface area contributed by atoms with E-state index in [4.69, 9.17) is 5.11 Å². The molecule has 0 aromatic heterocycles. The van der Waals surface area contributed by atoms with Gasteiger partial charge < -0.3 is 5.11 Å². The zero-order chi connectivity index (χ0) is 15.3. The quantitative estimate of drug-likeness (QED) is 0.904. The van der Waals surface area contributed by atoms with Crippen LogP contribution in [0.1, 0.15) is 24.8 Å². The third-order valence-electron chi connectivity index (χ3n) is 3.63. The van der Waals surface area contributed by atoms with E-state index >= 15 is 0 Å². The second-order valence-electron chi connectivity index (χ2n) is 5.20. The lowest BCUT2D eigenvalue weighted by Crippen LogP contribution is -2.37. The molecule has 0 spiro atoms. The normalized spacial score (nSPS) is 18.1. The highest BCUT2D eigenvalue weighted by molar-refractivity contribution is 7.92. The maximum absolute atomic E-state index is 12.2. The number of nitrogens with zero attached hydrogens (tertiary/aromatic N) is 1. The van der Waals surface area contributed by atoms with Crippen molar-refractivity contribution in [2.24, 2.45) is 5.92 Å². The van der Waals surface area contributed by atoms with Crippen LogP contribution in [0.3, 0.4) is 0 Å². The van der Waals surface area contributed by atoms with Gasteiger partial charge in [-0.2, -0.15) is 4.31 Å². The Morgan fingerprint density at radius 2 is 1.86 bits per heavy atom. The summed E-state index contributed by atoms with van der Waals surface area (Å²) in [7, 11) is -3.43. The van der Waals surface area contributed by atoms with Crippen molar-refractivity contribution in [1.29, 1.82) is 0 Å². The summed E-state index contributed by atoms with van der Waals surface area (Å²) in [5, 5.41) is 9.98. The van der Waals surface area contributed by atoms with Crippen molar-refractivity contribution in [3.05, 3.63) is 41.3 Å². The molecule has 2 rings (SSSR count). The van der Waals surface area contributed by atoms with Gasteiger partial charge in [-0.25, -0.2) is 8.42 Å². The van der Waals surface area contributed by atoms with E-state index in [-0.39, 0.29) is 12.3 Å². The molecule has 1 heterocycles. The Bertz CT molecular complexity index is 602. The van der Waals surface area contributed by atoms with Crippen LogP contribution in [0.25, 0.3) is 6.08 Å². The maximum atomic E-state index is 12.2. The summed E-state index contributed by atoms with van der Waals surface area (Å²) >= 11 is 0. The molecule has 1 aromatic rings. The first kappa shape index (κ1) is 15.7. The molecular weight excluding hydrogens is 290 g/mol. The SMILES string of the molecule is O=C(O)CC1CCN(S(=O)(=O)C=Cc2ccccc2)CC1. The van der Waals surface area contributed by atoms with Gasteiger partial charge >= 0.3 is 5.97 Å². The van der Waals surface area contributed by atoms with E-state index in [0.717, 1.165) is 5.56 Å². The van der Waals surface area contributed by atoms with Crippen LogP contribution >= 0.6 is 0 Å². The molecule has 0 saturated carbocycles. The summed E-state index contributed by atoms with van der Waals surface area (Å²) in [4.78, 5) is 10.7. The highest BCUT2D eigenvalue weighted by Gasteiger charge is 2.27. The molecule has 1 fully saturated rings. The van der Waals surface area contributed by atoms with Crippen LogP contribution in [0.4, 0.5) is 0 Å². The Labute approximate surface area is 124 Å². The van der Waals surface area contributed by atoms with Gasteiger partial charge in [0.2, 0.25) is 10.0 Å². The Hall–Kier alpha value is -1.66. The molecule has 114 valence electrons. The van der Waals surface area contributed by atoms with Gasteiger partial charge in [0.05, 0.1) is 0 Å². The predicted molar refractivity (Wildman–Crippen MR) is 80.9 cm³/mol. The molecule has 1 N–H and O–H groups in total. The second-order valence-corrected chi connectivity index (χ2v) is 7.02. The molecule has 0 radical (unpaired) electrons. The molecule has 0 unspecified atom stereocenters. The van der Waals surface area contributed by atoms with E-state index in [1.165, 1.54) is 9.71 Å². The molecule has 5 nitrogen and oxygen atoms in total. The number of hydrogen-bond donors (Lipinski definition) is 1. The summed E-state index contributed by atoms with van der Waals surface area (Å²) in [5.41, 5.74) is 0.835. The maximum Gasteiger partial charge on any atom is 0.303 e. The lowest BCUT2D eigenvalue weighted by Gasteiger charge is -2.29. The summed E-state index contributed by atoms with van der Waals surface area (Å²) in [6, 6.07) is 9.25. The molecule has 0 aliphatic carbocycles. The molecule has 0 amide bonds. The van der Waals surface area contributed by atoms with Crippen LogP contribution in [0.15, 0.2) is 35.7 Å². The van der Waals surface area contributed by atoms with Crippen LogP contribution in [0.5, 0.6) is 0 Å². The number of rotatable bonds is 5. The lowest BCUT2D eigenvalue weighted by atomic mass is 9.95. The first-order valence-corrected chi connectivity index (χ1v) is 8.43. The van der Waals surface area contributed by atoms with Crippen molar-refractivity contribution in [2.75, 3.05) is 13.1 Å². The predicted octanol–water partition coefficient (Wildman–Crippen LogP) is 2.17. The van der Waals surface area contributed by atoms with Crippen molar-refractivity contribution < 1.29 is 18.3 Å². The monoisotopic (exact) mass is 309 g/mol.